The molecule has 0 saturated carbocycles. The number of halogens is 1. The Kier molecular flexibility index (Phi) is 8.97. The van der Waals surface area contributed by atoms with Crippen molar-refractivity contribution in [3.8, 4) is 0 Å². The van der Waals surface area contributed by atoms with Crippen LogP contribution in [0.5, 0.6) is 0 Å². The summed E-state index contributed by atoms with van der Waals surface area (Å²) in [5.74, 6) is -0.129. The topological polar surface area (TPSA) is 113 Å². The fraction of sp³-hybridized carbons (Fsp3) is 0.0714. The molecule has 0 atom stereocenters. The highest BCUT2D eigenvalue weighted by molar-refractivity contribution is 8.00. The lowest BCUT2D eigenvalue weighted by molar-refractivity contribution is -0.114. The van der Waals surface area contributed by atoms with Gasteiger partial charge in [-0.05, 0) is 55.0 Å². The van der Waals surface area contributed by atoms with Gasteiger partial charge in [0.25, 0.3) is 11.8 Å². The summed E-state index contributed by atoms with van der Waals surface area (Å²) >= 11 is 7.58. The van der Waals surface area contributed by atoms with Gasteiger partial charge in [-0.1, -0.05) is 59.2 Å². The molecule has 0 radical (unpaired) electrons. The van der Waals surface area contributed by atoms with E-state index < -0.39 is 11.8 Å². The van der Waals surface area contributed by atoms with Gasteiger partial charge in [-0.25, -0.2) is 0 Å². The zero-order chi connectivity index (χ0) is 26.9. The predicted molar refractivity (Wildman–Crippen MR) is 149 cm³/mol. The maximum Gasteiger partial charge on any atom is 0.272 e. The van der Waals surface area contributed by atoms with Crippen LogP contribution >= 0.6 is 23.4 Å². The van der Waals surface area contributed by atoms with Crippen LogP contribution in [0.15, 0.2) is 100 Å². The summed E-state index contributed by atoms with van der Waals surface area (Å²) in [5, 5.41) is 12.3. The van der Waals surface area contributed by atoms with Crippen LogP contribution in [0.25, 0.3) is 6.08 Å². The standard InChI is InChI=1S/C28H23ClN4O4S/c1-18-14-25(33-37-18)32-26(34)17-38-22-12-7-11-21(16-22)30-28(36)24(15-20-10-5-6-13-23(20)29)31-27(35)19-8-3-2-4-9-19/h2-16H,17H2,1H3,(H,30,36)(H,31,35)(H,32,33,34)/b24-15+. The van der Waals surface area contributed by atoms with Crippen LogP contribution in [0.1, 0.15) is 21.7 Å². The number of carbonyl (C=O) groups is 3. The first-order valence-corrected chi connectivity index (χ1v) is 12.8. The summed E-state index contributed by atoms with van der Waals surface area (Å²) in [6.07, 6.45) is 1.52. The summed E-state index contributed by atoms with van der Waals surface area (Å²) < 4.78 is 4.94. The molecule has 0 unspecified atom stereocenters. The van der Waals surface area contributed by atoms with Gasteiger partial charge in [-0.2, -0.15) is 0 Å². The average Bonchev–Trinajstić information content (AvgIpc) is 3.33. The third kappa shape index (κ3) is 7.58. The molecule has 8 nitrogen and oxygen atoms in total. The molecule has 4 rings (SSSR count). The molecule has 0 bridgehead atoms. The van der Waals surface area contributed by atoms with E-state index in [1.807, 2.05) is 6.07 Å². The van der Waals surface area contributed by atoms with Crippen molar-refractivity contribution in [2.24, 2.45) is 0 Å². The number of aryl methyl sites for hydroxylation is 1. The lowest BCUT2D eigenvalue weighted by Crippen LogP contribution is -2.30. The Hall–Kier alpha value is -4.34. The molecule has 4 aromatic rings. The molecular weight excluding hydrogens is 524 g/mol. The van der Waals surface area contributed by atoms with Gasteiger partial charge in [-0.3, -0.25) is 14.4 Å². The van der Waals surface area contributed by atoms with E-state index >= 15 is 0 Å². The van der Waals surface area contributed by atoms with Gasteiger partial charge < -0.3 is 20.5 Å². The first-order chi connectivity index (χ1) is 18.4. The Morgan fingerprint density at radius 1 is 0.947 bits per heavy atom. The van der Waals surface area contributed by atoms with Gasteiger partial charge in [0.1, 0.15) is 11.5 Å². The van der Waals surface area contributed by atoms with Crippen molar-refractivity contribution in [3.05, 3.63) is 113 Å². The first kappa shape index (κ1) is 26.7. The van der Waals surface area contributed by atoms with Crippen LogP contribution in [-0.2, 0) is 9.59 Å². The van der Waals surface area contributed by atoms with Crippen LogP contribution in [0.4, 0.5) is 11.5 Å². The lowest BCUT2D eigenvalue weighted by atomic mass is 10.1. The first-order valence-electron chi connectivity index (χ1n) is 11.5. The van der Waals surface area contributed by atoms with Crippen molar-refractivity contribution in [2.45, 2.75) is 11.8 Å². The number of rotatable bonds is 9. The predicted octanol–water partition coefficient (Wildman–Crippen LogP) is 5.78. The second kappa shape index (κ2) is 12.8. The molecule has 3 amide bonds. The molecule has 1 aromatic heterocycles. The van der Waals surface area contributed by atoms with E-state index in [-0.39, 0.29) is 17.4 Å². The SMILES string of the molecule is Cc1cc(NC(=O)CSc2cccc(NC(=O)/C(=C\c3ccccc3Cl)NC(=O)c3ccccc3)c2)no1. The minimum Gasteiger partial charge on any atom is -0.360 e. The molecule has 0 spiro atoms. The average molecular weight is 547 g/mol. The van der Waals surface area contributed by atoms with Crippen molar-refractivity contribution >= 4 is 58.7 Å². The second-order valence-corrected chi connectivity index (χ2v) is 9.50. The Morgan fingerprint density at radius 3 is 2.45 bits per heavy atom. The maximum absolute atomic E-state index is 13.3. The van der Waals surface area contributed by atoms with E-state index in [2.05, 4.69) is 21.1 Å². The molecule has 3 N–H and O–H groups in total. The van der Waals surface area contributed by atoms with Gasteiger partial charge in [0.05, 0.1) is 5.75 Å². The molecular formula is C28H23ClN4O4S. The third-order valence-electron chi connectivity index (χ3n) is 5.09. The lowest BCUT2D eigenvalue weighted by Gasteiger charge is -2.12. The van der Waals surface area contributed by atoms with Crippen molar-refractivity contribution in [1.82, 2.24) is 10.5 Å². The number of aromatic nitrogens is 1. The fourth-order valence-electron chi connectivity index (χ4n) is 3.31. The Morgan fingerprint density at radius 2 is 1.71 bits per heavy atom. The Bertz CT molecular complexity index is 1490. The van der Waals surface area contributed by atoms with Crippen molar-refractivity contribution in [2.75, 3.05) is 16.4 Å². The number of nitrogens with zero attached hydrogens (tertiary/aromatic N) is 1. The number of hydrogen-bond acceptors (Lipinski definition) is 6. The summed E-state index contributed by atoms with van der Waals surface area (Å²) in [4.78, 5) is 39.0. The van der Waals surface area contributed by atoms with E-state index in [4.69, 9.17) is 16.1 Å². The summed E-state index contributed by atoms with van der Waals surface area (Å²) in [6, 6.07) is 24.3. The van der Waals surface area contributed by atoms with Crippen LogP contribution in [0.2, 0.25) is 5.02 Å². The molecule has 1 heterocycles. The minimum atomic E-state index is -0.532. The summed E-state index contributed by atoms with van der Waals surface area (Å²) in [6.45, 7) is 1.74. The highest BCUT2D eigenvalue weighted by Gasteiger charge is 2.16. The highest BCUT2D eigenvalue weighted by Crippen LogP contribution is 2.23. The van der Waals surface area contributed by atoms with Crippen molar-refractivity contribution < 1.29 is 18.9 Å². The van der Waals surface area contributed by atoms with Gasteiger partial charge in [-0.15, -0.1) is 11.8 Å². The quantitative estimate of drug-likeness (QED) is 0.181. The van der Waals surface area contributed by atoms with Crippen molar-refractivity contribution in [1.29, 1.82) is 0 Å². The summed E-state index contributed by atoms with van der Waals surface area (Å²) in [7, 11) is 0. The van der Waals surface area contributed by atoms with E-state index in [9.17, 15) is 14.4 Å². The van der Waals surface area contributed by atoms with E-state index in [1.54, 1.807) is 85.8 Å². The summed E-state index contributed by atoms with van der Waals surface area (Å²) in [5.41, 5.74) is 1.49. The zero-order valence-corrected chi connectivity index (χ0v) is 21.8. The van der Waals surface area contributed by atoms with Crippen molar-refractivity contribution in [3.63, 3.8) is 0 Å². The van der Waals surface area contributed by atoms with E-state index in [0.29, 0.717) is 33.4 Å². The fourth-order valence-corrected chi connectivity index (χ4v) is 4.25. The van der Waals surface area contributed by atoms with E-state index in [0.717, 1.165) is 4.90 Å². The second-order valence-electron chi connectivity index (χ2n) is 8.04. The smallest absolute Gasteiger partial charge is 0.272 e. The number of amides is 3. The van der Waals surface area contributed by atoms with Gasteiger partial charge in [0, 0.05) is 27.2 Å². The molecule has 0 fully saturated rings. The normalized spacial score (nSPS) is 11.1. The highest BCUT2D eigenvalue weighted by atomic mass is 35.5. The van der Waals surface area contributed by atoms with E-state index in [1.165, 1.54) is 17.8 Å². The van der Waals surface area contributed by atoms with Crippen LogP contribution in [0.3, 0.4) is 0 Å². The minimum absolute atomic E-state index is 0.0206. The number of hydrogen-bond donors (Lipinski definition) is 3. The Labute approximate surface area is 228 Å². The van der Waals surface area contributed by atoms with Crippen LogP contribution in [0, 0.1) is 6.92 Å². The molecule has 0 aliphatic carbocycles. The Balaban J connectivity index is 1.46. The molecule has 0 aliphatic heterocycles. The zero-order valence-electron chi connectivity index (χ0n) is 20.2. The van der Waals surface area contributed by atoms with Gasteiger partial charge in [0.15, 0.2) is 5.82 Å². The number of carbonyl (C=O) groups excluding carboxylic acids is 3. The largest absolute Gasteiger partial charge is 0.360 e. The molecule has 192 valence electrons. The third-order valence-corrected chi connectivity index (χ3v) is 6.43. The van der Waals surface area contributed by atoms with Gasteiger partial charge >= 0.3 is 0 Å². The number of thioether (sulfide) groups is 1. The molecule has 3 aromatic carbocycles. The maximum atomic E-state index is 13.3. The monoisotopic (exact) mass is 546 g/mol. The molecule has 0 saturated heterocycles. The number of anilines is 2. The van der Waals surface area contributed by atoms with Gasteiger partial charge in [0.2, 0.25) is 5.91 Å². The molecule has 0 aliphatic rings. The number of benzene rings is 3. The number of nitrogens with one attached hydrogen (secondary N) is 3. The van der Waals surface area contributed by atoms with Crippen LogP contribution in [-0.4, -0.2) is 28.6 Å². The van der Waals surface area contributed by atoms with Crippen LogP contribution < -0.4 is 16.0 Å². The molecule has 10 heteroatoms. The molecule has 38 heavy (non-hydrogen) atoms.